The molecule has 2 aromatic rings. The highest BCUT2D eigenvalue weighted by atomic mass is 16.5. The number of para-hydroxylation sites is 1. The van der Waals surface area contributed by atoms with Crippen molar-refractivity contribution in [2.24, 2.45) is 0 Å². The molecule has 8 nitrogen and oxygen atoms in total. The van der Waals surface area contributed by atoms with Gasteiger partial charge in [-0.2, -0.15) is 0 Å². The number of hydrogen-bond acceptors (Lipinski definition) is 6. The van der Waals surface area contributed by atoms with Crippen molar-refractivity contribution < 1.29 is 18.8 Å². The summed E-state index contributed by atoms with van der Waals surface area (Å²) in [7, 11) is 0. The van der Waals surface area contributed by atoms with Gasteiger partial charge in [-0.05, 0) is 45.0 Å². The van der Waals surface area contributed by atoms with Gasteiger partial charge in [0, 0.05) is 19.2 Å². The van der Waals surface area contributed by atoms with Gasteiger partial charge in [-0.3, -0.25) is 9.59 Å². The predicted molar refractivity (Wildman–Crippen MR) is 109 cm³/mol. The van der Waals surface area contributed by atoms with Crippen LogP contribution in [-0.2, 0) is 9.59 Å². The number of nitrogens with one attached hydrogen (secondary N) is 1. The van der Waals surface area contributed by atoms with E-state index in [4.69, 9.17) is 9.26 Å². The van der Waals surface area contributed by atoms with Gasteiger partial charge in [-0.15, -0.1) is 0 Å². The third kappa shape index (κ3) is 6.90. The number of benzene rings is 1. The molecule has 0 radical (unpaired) electrons. The lowest BCUT2D eigenvalue weighted by molar-refractivity contribution is -0.136. The molecule has 0 unspecified atom stereocenters. The largest absolute Gasteiger partial charge is 0.484 e. The third-order valence-corrected chi connectivity index (χ3v) is 4.82. The minimum atomic E-state index is -0.315. The minimum Gasteiger partial charge on any atom is -0.484 e. The summed E-state index contributed by atoms with van der Waals surface area (Å²) in [6, 6.07) is 10.8. The van der Waals surface area contributed by atoms with Crippen molar-refractivity contribution in [3.63, 3.8) is 0 Å². The second-order valence-corrected chi connectivity index (χ2v) is 7.19. The van der Waals surface area contributed by atoms with Crippen LogP contribution in [0.5, 0.6) is 5.75 Å². The van der Waals surface area contributed by atoms with Crippen LogP contribution >= 0.6 is 0 Å². The first-order valence-electron chi connectivity index (χ1n) is 10.0. The normalized spacial score (nSPS) is 14.4. The summed E-state index contributed by atoms with van der Waals surface area (Å²) < 4.78 is 10.5. The zero-order valence-electron chi connectivity index (χ0n) is 16.8. The van der Waals surface area contributed by atoms with Crippen LogP contribution in [-0.4, -0.2) is 66.1 Å². The fraction of sp³-hybridized carbons (Fsp3) is 0.476. The van der Waals surface area contributed by atoms with Crippen molar-refractivity contribution in [2.45, 2.75) is 26.2 Å². The molecule has 0 aliphatic carbocycles. The molecule has 0 bridgehead atoms. The lowest BCUT2D eigenvalue weighted by Gasteiger charge is -2.29. The van der Waals surface area contributed by atoms with Crippen molar-refractivity contribution in [1.82, 2.24) is 15.0 Å². The third-order valence-electron chi connectivity index (χ3n) is 4.82. The zero-order chi connectivity index (χ0) is 20.5. The minimum absolute atomic E-state index is 0.0588. The number of carbonyl (C=O) groups excluding carboxylic acids is 2. The summed E-state index contributed by atoms with van der Waals surface area (Å²) in [6.45, 7) is 4.87. The zero-order valence-corrected chi connectivity index (χ0v) is 16.8. The summed E-state index contributed by atoms with van der Waals surface area (Å²) in [5.74, 6) is 1.03. The number of anilines is 1. The number of hydrogen-bond donors (Lipinski definition) is 1. The van der Waals surface area contributed by atoms with Crippen molar-refractivity contribution >= 4 is 17.6 Å². The van der Waals surface area contributed by atoms with Crippen LogP contribution in [0.2, 0.25) is 0 Å². The van der Waals surface area contributed by atoms with Gasteiger partial charge in [0.15, 0.2) is 12.4 Å². The van der Waals surface area contributed by atoms with Gasteiger partial charge < -0.3 is 24.4 Å². The molecular weight excluding hydrogens is 372 g/mol. The summed E-state index contributed by atoms with van der Waals surface area (Å²) in [5, 5.41) is 6.43. The average Bonchev–Trinajstić information content (AvgIpc) is 3.15. The molecule has 0 atom stereocenters. The molecule has 2 amide bonds. The van der Waals surface area contributed by atoms with Gasteiger partial charge in [0.05, 0.1) is 0 Å². The Morgan fingerprint density at radius 2 is 1.97 bits per heavy atom. The second kappa shape index (κ2) is 10.6. The predicted octanol–water partition coefficient (Wildman–Crippen LogP) is 2.32. The molecule has 1 aliphatic rings. The molecule has 1 aromatic carbocycles. The molecule has 29 heavy (non-hydrogen) atoms. The number of likely N-dealkylation sites (tertiary alicyclic amines) is 1. The Morgan fingerprint density at radius 3 is 2.66 bits per heavy atom. The molecule has 1 saturated heterocycles. The van der Waals surface area contributed by atoms with Gasteiger partial charge >= 0.3 is 0 Å². The Bertz CT molecular complexity index is 787. The van der Waals surface area contributed by atoms with Crippen LogP contribution in [0.25, 0.3) is 0 Å². The number of nitrogens with zero attached hydrogens (tertiary/aromatic N) is 3. The number of aryl methyl sites for hydroxylation is 1. The Balaban J connectivity index is 1.56. The molecule has 3 rings (SSSR count). The molecule has 1 aromatic heterocycles. The highest BCUT2D eigenvalue weighted by molar-refractivity contribution is 5.94. The summed E-state index contributed by atoms with van der Waals surface area (Å²) in [4.78, 5) is 29.0. The first-order valence-corrected chi connectivity index (χ1v) is 10.0. The fourth-order valence-corrected chi connectivity index (χ4v) is 3.27. The number of amides is 2. The number of carbonyl (C=O) groups is 2. The van der Waals surface area contributed by atoms with Crippen molar-refractivity contribution in [2.75, 3.05) is 44.6 Å². The Kier molecular flexibility index (Phi) is 7.63. The van der Waals surface area contributed by atoms with E-state index in [1.165, 1.54) is 19.3 Å². The SMILES string of the molecule is Cc1cc(NC(=O)CN(CCN2CCCCC2)C(=O)COc2ccccc2)no1. The maximum absolute atomic E-state index is 12.7. The molecule has 0 saturated carbocycles. The van der Waals surface area contributed by atoms with E-state index in [1.54, 1.807) is 30.0 Å². The summed E-state index contributed by atoms with van der Waals surface area (Å²) in [6.07, 6.45) is 3.61. The van der Waals surface area contributed by atoms with Gasteiger partial charge in [0.1, 0.15) is 18.1 Å². The molecule has 1 aliphatic heterocycles. The van der Waals surface area contributed by atoms with E-state index in [0.29, 0.717) is 23.9 Å². The molecule has 8 heteroatoms. The van der Waals surface area contributed by atoms with E-state index < -0.39 is 0 Å². The highest BCUT2D eigenvalue weighted by Crippen LogP contribution is 2.11. The number of piperidine rings is 1. The topological polar surface area (TPSA) is 87.9 Å². The van der Waals surface area contributed by atoms with Crippen LogP contribution < -0.4 is 10.1 Å². The average molecular weight is 400 g/mol. The van der Waals surface area contributed by atoms with Crippen LogP contribution in [0.4, 0.5) is 5.82 Å². The molecule has 1 fully saturated rings. The van der Waals surface area contributed by atoms with Crippen LogP contribution in [0.1, 0.15) is 25.0 Å². The molecular formula is C21H28N4O4. The molecule has 0 spiro atoms. The Labute approximate surface area is 170 Å². The lowest BCUT2D eigenvalue weighted by atomic mass is 10.1. The van der Waals surface area contributed by atoms with Crippen LogP contribution in [0, 0.1) is 6.92 Å². The van der Waals surface area contributed by atoms with E-state index in [0.717, 1.165) is 19.6 Å². The first kappa shape index (κ1) is 20.9. The molecule has 1 N–H and O–H groups in total. The van der Waals surface area contributed by atoms with Crippen LogP contribution in [0.15, 0.2) is 40.9 Å². The lowest BCUT2D eigenvalue weighted by Crippen LogP contribution is -2.45. The fourth-order valence-electron chi connectivity index (χ4n) is 3.27. The number of ether oxygens (including phenoxy) is 1. The monoisotopic (exact) mass is 400 g/mol. The van der Waals surface area contributed by atoms with Crippen LogP contribution in [0.3, 0.4) is 0 Å². The van der Waals surface area contributed by atoms with Crippen molar-refractivity contribution in [1.29, 1.82) is 0 Å². The quantitative estimate of drug-likeness (QED) is 0.695. The van der Waals surface area contributed by atoms with Gasteiger partial charge in [0.2, 0.25) is 5.91 Å². The Hall–Kier alpha value is -2.87. The number of rotatable bonds is 9. The maximum atomic E-state index is 12.7. The van der Waals surface area contributed by atoms with Crippen molar-refractivity contribution in [3.8, 4) is 5.75 Å². The van der Waals surface area contributed by atoms with E-state index in [9.17, 15) is 9.59 Å². The summed E-state index contributed by atoms with van der Waals surface area (Å²) >= 11 is 0. The highest BCUT2D eigenvalue weighted by Gasteiger charge is 2.20. The Morgan fingerprint density at radius 1 is 1.21 bits per heavy atom. The second-order valence-electron chi connectivity index (χ2n) is 7.19. The van der Waals surface area contributed by atoms with E-state index in [-0.39, 0.29) is 25.0 Å². The van der Waals surface area contributed by atoms with E-state index in [1.807, 2.05) is 18.2 Å². The van der Waals surface area contributed by atoms with E-state index in [2.05, 4.69) is 15.4 Å². The molecule has 156 valence electrons. The van der Waals surface area contributed by atoms with Gasteiger partial charge in [-0.1, -0.05) is 29.8 Å². The number of aromatic nitrogens is 1. The van der Waals surface area contributed by atoms with Crippen molar-refractivity contribution in [3.05, 3.63) is 42.2 Å². The first-order chi connectivity index (χ1) is 14.1. The standard InChI is InChI=1S/C21H28N4O4/c1-17-14-19(23-29-17)22-20(26)15-25(13-12-24-10-6-3-7-11-24)21(27)16-28-18-8-4-2-5-9-18/h2,4-5,8-9,14H,3,6-7,10-13,15-16H2,1H3,(H,22,23,26). The maximum Gasteiger partial charge on any atom is 0.261 e. The summed E-state index contributed by atoms with van der Waals surface area (Å²) in [5.41, 5.74) is 0. The van der Waals surface area contributed by atoms with Gasteiger partial charge in [-0.25, -0.2) is 0 Å². The smallest absolute Gasteiger partial charge is 0.261 e. The van der Waals surface area contributed by atoms with E-state index >= 15 is 0 Å². The van der Waals surface area contributed by atoms with Gasteiger partial charge in [0.25, 0.3) is 5.91 Å². The molecule has 2 heterocycles.